The van der Waals surface area contributed by atoms with Gasteiger partial charge in [-0.2, -0.15) is 0 Å². The van der Waals surface area contributed by atoms with Gasteiger partial charge in [0.05, 0.1) is 11.9 Å². The number of unbranched alkanes of at least 4 members (excludes halogenated alkanes) is 1. The molecule has 0 radical (unpaired) electrons. The largest absolute Gasteiger partial charge is 0.384 e. The minimum absolute atomic E-state index is 0.238. The van der Waals surface area contributed by atoms with Crippen LogP contribution in [0, 0.1) is 0 Å². The normalized spacial score (nSPS) is 10.2. The van der Waals surface area contributed by atoms with Gasteiger partial charge in [-0.15, -0.1) is 0 Å². The monoisotopic (exact) mass is 303 g/mol. The predicted molar refractivity (Wildman–Crippen MR) is 87.0 cm³/mol. The van der Waals surface area contributed by atoms with Gasteiger partial charge in [0, 0.05) is 17.3 Å². The zero-order valence-corrected chi connectivity index (χ0v) is 12.7. The molecule has 2 N–H and O–H groups in total. The van der Waals surface area contributed by atoms with Gasteiger partial charge >= 0.3 is 0 Å². The lowest BCUT2D eigenvalue weighted by Crippen LogP contribution is -2.13. The van der Waals surface area contributed by atoms with Crippen molar-refractivity contribution < 1.29 is 4.79 Å². The Balaban J connectivity index is 1.94. The fourth-order valence-corrected chi connectivity index (χ4v) is 1.90. The minimum Gasteiger partial charge on any atom is -0.384 e. The first-order chi connectivity index (χ1) is 10.2. The van der Waals surface area contributed by atoms with Crippen molar-refractivity contribution in [3.63, 3.8) is 0 Å². The minimum atomic E-state index is -0.238. The van der Waals surface area contributed by atoms with Crippen LogP contribution in [0.3, 0.4) is 0 Å². The highest BCUT2D eigenvalue weighted by atomic mass is 35.5. The molecular weight excluding hydrogens is 286 g/mol. The lowest BCUT2D eigenvalue weighted by Gasteiger charge is -2.07. The standard InChI is InChI=1S/C16H18ClN3O/c1-2-3-10-18-14-8-9-15(19-11-14)16(21)20-13-6-4-12(17)5-7-13/h4-9,11,18H,2-3,10H2,1H3,(H,20,21). The number of anilines is 2. The van der Waals surface area contributed by atoms with E-state index >= 15 is 0 Å². The maximum absolute atomic E-state index is 12.0. The second-order valence-electron chi connectivity index (χ2n) is 4.67. The molecule has 2 aromatic rings. The van der Waals surface area contributed by atoms with E-state index in [4.69, 9.17) is 11.6 Å². The van der Waals surface area contributed by atoms with Gasteiger partial charge < -0.3 is 10.6 Å². The Labute approximate surface area is 129 Å². The smallest absolute Gasteiger partial charge is 0.274 e. The van der Waals surface area contributed by atoms with Crippen molar-refractivity contribution in [2.45, 2.75) is 19.8 Å². The van der Waals surface area contributed by atoms with E-state index in [-0.39, 0.29) is 5.91 Å². The highest BCUT2D eigenvalue weighted by Gasteiger charge is 2.07. The zero-order valence-electron chi connectivity index (χ0n) is 11.9. The molecule has 1 aromatic carbocycles. The summed E-state index contributed by atoms with van der Waals surface area (Å²) in [5, 5.41) is 6.67. The van der Waals surface area contributed by atoms with Crippen molar-refractivity contribution in [2.24, 2.45) is 0 Å². The van der Waals surface area contributed by atoms with Crippen LogP contribution < -0.4 is 10.6 Å². The molecule has 1 amide bonds. The van der Waals surface area contributed by atoms with Crippen LogP contribution in [-0.2, 0) is 0 Å². The number of rotatable bonds is 6. The number of pyridine rings is 1. The topological polar surface area (TPSA) is 54.0 Å². The van der Waals surface area contributed by atoms with Gasteiger partial charge in [-0.05, 0) is 42.8 Å². The first-order valence-electron chi connectivity index (χ1n) is 6.96. The molecule has 110 valence electrons. The third-order valence-corrected chi connectivity index (χ3v) is 3.21. The van der Waals surface area contributed by atoms with E-state index in [1.54, 1.807) is 36.5 Å². The molecule has 0 aliphatic carbocycles. The Morgan fingerprint density at radius 1 is 1.14 bits per heavy atom. The number of carbonyl (C=O) groups excluding carboxylic acids is 1. The lowest BCUT2D eigenvalue weighted by molar-refractivity contribution is 0.102. The van der Waals surface area contributed by atoms with E-state index in [0.717, 1.165) is 25.1 Å². The molecule has 5 heteroatoms. The number of amides is 1. The summed E-state index contributed by atoms with van der Waals surface area (Å²) in [6.07, 6.45) is 3.92. The van der Waals surface area contributed by atoms with E-state index < -0.39 is 0 Å². The van der Waals surface area contributed by atoms with Crippen molar-refractivity contribution in [3.05, 3.63) is 53.3 Å². The summed E-state index contributed by atoms with van der Waals surface area (Å²) in [5.74, 6) is -0.238. The van der Waals surface area contributed by atoms with Crippen LogP contribution in [0.5, 0.6) is 0 Å². The number of nitrogens with zero attached hydrogens (tertiary/aromatic N) is 1. The molecule has 0 unspecified atom stereocenters. The van der Waals surface area contributed by atoms with Gasteiger partial charge in [-0.25, -0.2) is 4.98 Å². The van der Waals surface area contributed by atoms with E-state index in [1.807, 2.05) is 6.07 Å². The van der Waals surface area contributed by atoms with Crippen LogP contribution in [0.2, 0.25) is 5.02 Å². The number of aromatic nitrogens is 1. The Morgan fingerprint density at radius 2 is 1.86 bits per heavy atom. The molecule has 0 bridgehead atoms. The van der Waals surface area contributed by atoms with Crippen LogP contribution in [-0.4, -0.2) is 17.4 Å². The summed E-state index contributed by atoms with van der Waals surface area (Å²) in [6, 6.07) is 10.5. The molecule has 4 nitrogen and oxygen atoms in total. The third-order valence-electron chi connectivity index (χ3n) is 2.96. The molecule has 1 heterocycles. The molecule has 0 atom stereocenters. The van der Waals surface area contributed by atoms with Gasteiger partial charge in [0.2, 0.25) is 0 Å². The van der Waals surface area contributed by atoms with Crippen LogP contribution in [0.1, 0.15) is 30.3 Å². The molecular formula is C16H18ClN3O. The molecule has 0 saturated carbocycles. The maximum atomic E-state index is 12.0. The fourth-order valence-electron chi connectivity index (χ4n) is 1.77. The molecule has 0 spiro atoms. The van der Waals surface area contributed by atoms with Crippen molar-refractivity contribution in [2.75, 3.05) is 17.2 Å². The highest BCUT2D eigenvalue weighted by molar-refractivity contribution is 6.30. The summed E-state index contributed by atoms with van der Waals surface area (Å²) in [5.41, 5.74) is 1.99. The molecule has 2 rings (SSSR count). The Morgan fingerprint density at radius 3 is 2.48 bits per heavy atom. The number of hydrogen-bond donors (Lipinski definition) is 2. The fraction of sp³-hybridized carbons (Fsp3) is 0.250. The van der Waals surface area contributed by atoms with Gasteiger partial charge in [0.1, 0.15) is 5.69 Å². The average molecular weight is 304 g/mol. The Bertz CT molecular complexity index is 581. The van der Waals surface area contributed by atoms with Crippen molar-refractivity contribution in [3.8, 4) is 0 Å². The molecule has 0 fully saturated rings. The summed E-state index contributed by atoms with van der Waals surface area (Å²) >= 11 is 5.80. The molecule has 0 saturated heterocycles. The van der Waals surface area contributed by atoms with E-state index in [9.17, 15) is 4.79 Å². The first-order valence-corrected chi connectivity index (χ1v) is 7.33. The molecule has 1 aromatic heterocycles. The number of nitrogens with one attached hydrogen (secondary N) is 2. The van der Waals surface area contributed by atoms with Crippen molar-refractivity contribution in [1.82, 2.24) is 4.98 Å². The lowest BCUT2D eigenvalue weighted by atomic mass is 10.2. The van der Waals surface area contributed by atoms with E-state index in [0.29, 0.717) is 16.4 Å². The maximum Gasteiger partial charge on any atom is 0.274 e. The van der Waals surface area contributed by atoms with Crippen LogP contribution in [0.4, 0.5) is 11.4 Å². The van der Waals surface area contributed by atoms with Crippen LogP contribution in [0.15, 0.2) is 42.6 Å². The van der Waals surface area contributed by atoms with E-state index in [2.05, 4.69) is 22.5 Å². The molecule has 0 aliphatic rings. The van der Waals surface area contributed by atoms with Crippen molar-refractivity contribution >= 4 is 28.9 Å². The molecule has 0 aliphatic heterocycles. The average Bonchev–Trinajstić information content (AvgIpc) is 2.50. The Kier molecular flexibility index (Phi) is 5.58. The van der Waals surface area contributed by atoms with Gasteiger partial charge in [-0.3, -0.25) is 4.79 Å². The number of carbonyl (C=O) groups is 1. The third kappa shape index (κ3) is 4.76. The molecule has 21 heavy (non-hydrogen) atoms. The highest BCUT2D eigenvalue weighted by Crippen LogP contribution is 2.14. The summed E-state index contributed by atoms with van der Waals surface area (Å²) in [6.45, 7) is 3.05. The number of halogens is 1. The predicted octanol–water partition coefficient (Wildman–Crippen LogP) is 4.20. The van der Waals surface area contributed by atoms with Gasteiger partial charge in [-0.1, -0.05) is 24.9 Å². The van der Waals surface area contributed by atoms with Gasteiger partial charge in [0.15, 0.2) is 0 Å². The second kappa shape index (κ2) is 7.64. The quantitative estimate of drug-likeness (QED) is 0.786. The zero-order chi connectivity index (χ0) is 15.1. The summed E-state index contributed by atoms with van der Waals surface area (Å²) < 4.78 is 0. The van der Waals surface area contributed by atoms with E-state index in [1.165, 1.54) is 0 Å². The van der Waals surface area contributed by atoms with Crippen LogP contribution >= 0.6 is 11.6 Å². The summed E-state index contributed by atoms with van der Waals surface area (Å²) in [7, 11) is 0. The summed E-state index contributed by atoms with van der Waals surface area (Å²) in [4.78, 5) is 16.2. The SMILES string of the molecule is CCCCNc1ccc(C(=O)Nc2ccc(Cl)cc2)nc1. The second-order valence-corrected chi connectivity index (χ2v) is 5.11. The van der Waals surface area contributed by atoms with Gasteiger partial charge in [0.25, 0.3) is 5.91 Å². The first kappa shape index (κ1) is 15.3. The number of hydrogen-bond acceptors (Lipinski definition) is 3. The van der Waals surface area contributed by atoms with Crippen molar-refractivity contribution in [1.29, 1.82) is 0 Å². The Hall–Kier alpha value is -2.07. The number of benzene rings is 1. The van der Waals surface area contributed by atoms with Crippen LogP contribution in [0.25, 0.3) is 0 Å².